The van der Waals surface area contributed by atoms with Crippen LogP contribution in [0.5, 0.6) is 0 Å². The highest BCUT2D eigenvalue weighted by Gasteiger charge is 2.37. The van der Waals surface area contributed by atoms with E-state index in [1.807, 2.05) is 0 Å². The summed E-state index contributed by atoms with van der Waals surface area (Å²) in [6.45, 7) is 2.03. The molecule has 2 heterocycles. The number of furan rings is 1. The summed E-state index contributed by atoms with van der Waals surface area (Å²) in [5.41, 5.74) is 1.30. The number of benzene rings is 1. The van der Waals surface area contributed by atoms with E-state index in [2.05, 4.69) is 10.3 Å². The molecule has 3 atom stereocenters. The molecule has 1 amide bonds. The Morgan fingerprint density at radius 3 is 2.70 bits per heavy atom. The number of alkyl halides is 1. The Balaban J connectivity index is 1.41. The summed E-state index contributed by atoms with van der Waals surface area (Å²) in [5.74, 6) is -0.383. The minimum atomic E-state index is -3.52. The number of hydrogen-bond donors (Lipinski definition) is 1. The van der Waals surface area contributed by atoms with Gasteiger partial charge in [0.05, 0.1) is 16.3 Å². The summed E-state index contributed by atoms with van der Waals surface area (Å²) in [5, 5.41) is 3.00. The molecule has 1 N–H and O–H groups in total. The summed E-state index contributed by atoms with van der Waals surface area (Å²) in [6.07, 6.45) is 3.17. The van der Waals surface area contributed by atoms with Crippen molar-refractivity contribution in [2.45, 2.75) is 49.0 Å². The molecule has 158 valence electrons. The van der Waals surface area contributed by atoms with Crippen molar-refractivity contribution in [1.29, 1.82) is 0 Å². The highest BCUT2D eigenvalue weighted by molar-refractivity contribution is 7.92. The fourth-order valence-corrected chi connectivity index (χ4v) is 6.04. The summed E-state index contributed by atoms with van der Waals surface area (Å²) in [7, 11) is -3.52. The van der Waals surface area contributed by atoms with Crippen LogP contribution in [0.3, 0.4) is 0 Å². The van der Waals surface area contributed by atoms with Gasteiger partial charge in [-0.25, -0.2) is 12.8 Å². The predicted octanol–water partition coefficient (Wildman–Crippen LogP) is 4.06. The van der Waals surface area contributed by atoms with E-state index in [1.165, 1.54) is 0 Å². The molecule has 2 aromatic heterocycles. The van der Waals surface area contributed by atoms with Crippen molar-refractivity contribution >= 4 is 26.7 Å². The van der Waals surface area contributed by atoms with Gasteiger partial charge < -0.3 is 9.73 Å². The van der Waals surface area contributed by atoms with Gasteiger partial charge in [-0.2, -0.15) is 0 Å². The second kappa shape index (κ2) is 8.18. The van der Waals surface area contributed by atoms with Crippen molar-refractivity contribution in [1.82, 2.24) is 10.3 Å². The van der Waals surface area contributed by atoms with Gasteiger partial charge in [0, 0.05) is 18.1 Å². The molecule has 30 heavy (non-hydrogen) atoms. The molecule has 0 aliphatic heterocycles. The number of rotatable bonds is 5. The maximum Gasteiger partial charge on any atom is 0.287 e. The Kier molecular flexibility index (Phi) is 5.60. The minimum absolute atomic E-state index is 0.189. The van der Waals surface area contributed by atoms with Crippen molar-refractivity contribution in [3.05, 3.63) is 60.1 Å². The van der Waals surface area contributed by atoms with E-state index in [0.717, 1.165) is 10.9 Å². The molecule has 1 fully saturated rings. The number of sulfone groups is 1. The summed E-state index contributed by atoms with van der Waals surface area (Å²) >= 11 is 0. The second-order valence-corrected chi connectivity index (χ2v) is 9.99. The van der Waals surface area contributed by atoms with E-state index < -0.39 is 21.3 Å². The standard InChI is InChI=1S/C22H23FN2O4S/c1-14-10-17(23)4-7-21(14)30(27,28)18-5-2-15(3-6-18)12-25-22(26)19-11-16-8-9-24-13-20(16)29-19/h2-3,5-6,8-9,11,13-14,17,21H,4,7,10,12H2,1H3,(H,25,26). The monoisotopic (exact) mass is 430 g/mol. The van der Waals surface area contributed by atoms with Crippen LogP contribution in [0.2, 0.25) is 0 Å². The molecular weight excluding hydrogens is 407 g/mol. The SMILES string of the molecule is CC1CC(F)CCC1S(=O)(=O)c1ccc(CNC(=O)c2cc3ccncc3o2)cc1. The molecule has 0 saturated heterocycles. The molecule has 1 aliphatic rings. The van der Waals surface area contributed by atoms with Gasteiger partial charge in [-0.1, -0.05) is 19.1 Å². The zero-order chi connectivity index (χ0) is 21.3. The first-order valence-electron chi connectivity index (χ1n) is 9.93. The number of carbonyl (C=O) groups excluding carboxylic acids is 1. The van der Waals surface area contributed by atoms with Gasteiger partial charge in [-0.3, -0.25) is 9.78 Å². The third kappa shape index (κ3) is 4.09. The van der Waals surface area contributed by atoms with Crippen LogP contribution in [-0.4, -0.2) is 30.7 Å². The normalized spacial score (nSPS) is 22.1. The summed E-state index contributed by atoms with van der Waals surface area (Å²) in [4.78, 5) is 16.5. The molecule has 0 bridgehead atoms. The lowest BCUT2D eigenvalue weighted by Crippen LogP contribution is -2.34. The third-order valence-corrected chi connectivity index (χ3v) is 8.10. The zero-order valence-electron chi connectivity index (χ0n) is 16.5. The van der Waals surface area contributed by atoms with Crippen molar-refractivity contribution in [3.8, 4) is 0 Å². The number of aromatic nitrogens is 1. The molecule has 3 unspecified atom stereocenters. The molecule has 1 aromatic carbocycles. The number of carbonyl (C=O) groups is 1. The van der Waals surface area contributed by atoms with Gasteiger partial charge in [0.2, 0.25) is 0 Å². The van der Waals surface area contributed by atoms with Gasteiger partial charge in [0.15, 0.2) is 21.2 Å². The fraction of sp³-hybridized carbons (Fsp3) is 0.364. The average Bonchev–Trinajstić information content (AvgIpc) is 3.16. The van der Waals surface area contributed by atoms with Crippen LogP contribution < -0.4 is 5.32 Å². The molecule has 0 spiro atoms. The molecule has 8 heteroatoms. The minimum Gasteiger partial charge on any atom is -0.449 e. The van der Waals surface area contributed by atoms with Crippen LogP contribution in [0.4, 0.5) is 4.39 Å². The highest BCUT2D eigenvalue weighted by Crippen LogP contribution is 2.34. The van der Waals surface area contributed by atoms with Crippen molar-refractivity contribution in [2.75, 3.05) is 0 Å². The zero-order valence-corrected chi connectivity index (χ0v) is 17.4. The predicted molar refractivity (Wildman–Crippen MR) is 111 cm³/mol. The number of nitrogens with one attached hydrogen (secondary N) is 1. The maximum atomic E-state index is 13.5. The third-order valence-electron chi connectivity index (χ3n) is 5.68. The quantitative estimate of drug-likeness (QED) is 0.659. The van der Waals surface area contributed by atoms with Gasteiger partial charge in [-0.05, 0) is 55.0 Å². The summed E-state index contributed by atoms with van der Waals surface area (Å²) < 4.78 is 44.9. The Labute approximate surface area is 174 Å². The Morgan fingerprint density at radius 1 is 1.23 bits per heavy atom. The summed E-state index contributed by atoms with van der Waals surface area (Å²) in [6, 6.07) is 9.88. The lowest BCUT2D eigenvalue weighted by molar-refractivity contribution is 0.0925. The molecule has 3 aromatic rings. The molecule has 6 nitrogen and oxygen atoms in total. The van der Waals surface area contributed by atoms with E-state index in [1.54, 1.807) is 55.7 Å². The number of fused-ring (bicyclic) bond motifs is 1. The smallest absolute Gasteiger partial charge is 0.287 e. The van der Waals surface area contributed by atoms with Gasteiger partial charge in [0.1, 0.15) is 6.17 Å². The van der Waals surface area contributed by atoms with Crippen molar-refractivity contribution in [2.24, 2.45) is 5.92 Å². The average molecular weight is 431 g/mol. The first-order chi connectivity index (χ1) is 14.3. The number of halogens is 1. The van der Waals surface area contributed by atoms with Gasteiger partial charge in [0.25, 0.3) is 5.91 Å². The van der Waals surface area contributed by atoms with Crippen molar-refractivity contribution in [3.63, 3.8) is 0 Å². The van der Waals surface area contributed by atoms with Gasteiger partial charge in [-0.15, -0.1) is 0 Å². The molecular formula is C22H23FN2O4S. The van der Waals surface area contributed by atoms with Crippen LogP contribution in [0, 0.1) is 5.92 Å². The molecule has 1 saturated carbocycles. The van der Waals surface area contributed by atoms with E-state index in [-0.39, 0.29) is 41.9 Å². The number of amides is 1. The Bertz CT molecular complexity index is 1120. The molecule has 0 radical (unpaired) electrons. The lowest BCUT2D eigenvalue weighted by Gasteiger charge is -2.30. The lowest BCUT2D eigenvalue weighted by atomic mass is 9.89. The fourth-order valence-electron chi connectivity index (χ4n) is 4.00. The van der Waals surface area contributed by atoms with E-state index in [4.69, 9.17) is 4.42 Å². The van der Waals surface area contributed by atoms with E-state index in [0.29, 0.717) is 12.0 Å². The van der Waals surface area contributed by atoms with Crippen LogP contribution in [0.25, 0.3) is 11.0 Å². The van der Waals surface area contributed by atoms with Crippen LogP contribution in [-0.2, 0) is 16.4 Å². The van der Waals surface area contributed by atoms with E-state index in [9.17, 15) is 17.6 Å². The molecule has 1 aliphatic carbocycles. The topological polar surface area (TPSA) is 89.3 Å². The van der Waals surface area contributed by atoms with Gasteiger partial charge >= 0.3 is 0 Å². The number of hydrogen-bond acceptors (Lipinski definition) is 5. The second-order valence-electron chi connectivity index (χ2n) is 7.82. The highest BCUT2D eigenvalue weighted by atomic mass is 32.2. The first kappa shape index (κ1) is 20.5. The van der Waals surface area contributed by atoms with Crippen LogP contribution in [0.1, 0.15) is 42.3 Å². The van der Waals surface area contributed by atoms with Crippen molar-refractivity contribution < 1.29 is 22.0 Å². The number of nitrogens with zero attached hydrogens (tertiary/aromatic N) is 1. The van der Waals surface area contributed by atoms with Crippen LogP contribution in [0.15, 0.2) is 58.1 Å². The number of pyridine rings is 1. The Morgan fingerprint density at radius 2 is 2.00 bits per heavy atom. The maximum absolute atomic E-state index is 13.5. The molecule has 4 rings (SSSR count). The Hall–Kier alpha value is -2.74. The first-order valence-corrected chi connectivity index (χ1v) is 11.5. The largest absolute Gasteiger partial charge is 0.449 e. The van der Waals surface area contributed by atoms with Crippen LogP contribution >= 0.6 is 0 Å². The van der Waals surface area contributed by atoms with E-state index >= 15 is 0 Å².